The highest BCUT2D eigenvalue weighted by molar-refractivity contribution is 7.98. The Balaban J connectivity index is 1.73. The van der Waals surface area contributed by atoms with Crippen LogP contribution >= 0.6 is 23.1 Å². The summed E-state index contributed by atoms with van der Waals surface area (Å²) in [4.78, 5) is 18.8. The molecule has 0 bridgehead atoms. The van der Waals surface area contributed by atoms with Crippen molar-refractivity contribution in [1.82, 2.24) is 14.8 Å². The van der Waals surface area contributed by atoms with E-state index in [1.54, 1.807) is 11.3 Å². The number of fused-ring (bicyclic) bond motifs is 1. The molecule has 3 atom stereocenters. The van der Waals surface area contributed by atoms with Crippen molar-refractivity contribution in [3.8, 4) is 0 Å². The normalized spacial score (nSPS) is 21.7. The van der Waals surface area contributed by atoms with E-state index in [4.69, 9.17) is 0 Å². The lowest BCUT2D eigenvalue weighted by Crippen LogP contribution is -2.46. The third-order valence-electron chi connectivity index (χ3n) is 4.47. The number of amides is 1. The van der Waals surface area contributed by atoms with Crippen LogP contribution in [-0.2, 0) is 4.79 Å². The molecule has 0 aliphatic carbocycles. The summed E-state index contributed by atoms with van der Waals surface area (Å²) in [5.41, 5.74) is 0.795. The van der Waals surface area contributed by atoms with Crippen LogP contribution in [0.15, 0.2) is 53.0 Å². The number of hydrogen-bond acceptors (Lipinski definition) is 6. The average molecular weight is 386 g/mol. The molecule has 0 radical (unpaired) electrons. The van der Waals surface area contributed by atoms with E-state index in [1.807, 2.05) is 59.6 Å². The first kappa shape index (κ1) is 17.1. The van der Waals surface area contributed by atoms with Gasteiger partial charge < -0.3 is 10.6 Å². The van der Waals surface area contributed by atoms with Crippen LogP contribution in [0.1, 0.15) is 17.8 Å². The van der Waals surface area contributed by atoms with Gasteiger partial charge in [-0.25, -0.2) is 4.68 Å². The molecule has 1 aromatic carbocycles. The van der Waals surface area contributed by atoms with Crippen molar-refractivity contribution in [2.24, 2.45) is 5.92 Å². The summed E-state index contributed by atoms with van der Waals surface area (Å²) in [5.74, 6) is 0.378. The first-order valence-electron chi connectivity index (χ1n) is 8.34. The summed E-state index contributed by atoms with van der Waals surface area (Å²) < 4.78 is 1.85. The monoisotopic (exact) mass is 385 g/mol. The van der Waals surface area contributed by atoms with E-state index in [2.05, 4.69) is 26.8 Å². The molecule has 0 spiro atoms. The molecule has 1 aliphatic rings. The SMILES string of the molecule is CSc1nc2n(n1)[C@@H](c1cccs1)[C@H](C(=O)Nc1ccccc1)[C@@H](C)N2. The molecule has 2 aromatic heterocycles. The second-order valence-electron chi connectivity index (χ2n) is 6.14. The Morgan fingerprint density at radius 3 is 2.77 bits per heavy atom. The molecule has 0 unspecified atom stereocenters. The van der Waals surface area contributed by atoms with E-state index in [9.17, 15) is 4.79 Å². The summed E-state index contributed by atoms with van der Waals surface area (Å²) in [6, 6.07) is 13.4. The molecule has 134 valence electrons. The molecule has 0 saturated carbocycles. The number of carbonyl (C=O) groups excluding carboxylic acids is 1. The Hall–Kier alpha value is -2.32. The van der Waals surface area contributed by atoms with Crippen molar-refractivity contribution in [2.75, 3.05) is 16.9 Å². The maximum absolute atomic E-state index is 13.2. The van der Waals surface area contributed by atoms with Crippen LogP contribution in [0.25, 0.3) is 0 Å². The zero-order valence-electron chi connectivity index (χ0n) is 14.4. The average Bonchev–Trinajstić information content (AvgIpc) is 3.30. The number of nitrogens with zero attached hydrogens (tertiary/aromatic N) is 3. The van der Waals surface area contributed by atoms with Crippen LogP contribution in [0.2, 0.25) is 0 Å². The zero-order valence-corrected chi connectivity index (χ0v) is 16.1. The van der Waals surface area contributed by atoms with Crippen LogP contribution in [-0.4, -0.2) is 33.0 Å². The van der Waals surface area contributed by atoms with Crippen LogP contribution < -0.4 is 10.6 Å². The van der Waals surface area contributed by atoms with Gasteiger partial charge in [0.15, 0.2) is 0 Å². The first-order valence-corrected chi connectivity index (χ1v) is 10.4. The fourth-order valence-corrected chi connectivity index (χ4v) is 4.48. The predicted octanol–water partition coefficient (Wildman–Crippen LogP) is 3.72. The number of benzene rings is 1. The third kappa shape index (κ3) is 3.10. The summed E-state index contributed by atoms with van der Waals surface area (Å²) >= 11 is 3.13. The number of rotatable bonds is 4. The molecule has 2 N–H and O–H groups in total. The molecular formula is C18H19N5OS2. The van der Waals surface area contributed by atoms with Crippen LogP contribution in [0.5, 0.6) is 0 Å². The van der Waals surface area contributed by atoms with Crippen molar-refractivity contribution in [2.45, 2.75) is 24.2 Å². The van der Waals surface area contributed by atoms with Gasteiger partial charge in [-0.1, -0.05) is 36.0 Å². The number of aromatic nitrogens is 3. The number of thioether (sulfide) groups is 1. The minimum atomic E-state index is -0.308. The standard InChI is InChI=1S/C18H19N5OS2/c1-11-14(16(24)20-12-7-4-3-5-8-12)15(13-9-6-10-26-13)23-17(19-11)21-18(22-23)25-2/h3-11,14-15H,1-2H3,(H,20,24)(H,19,21,22)/t11-,14-,15+/m1/s1. The molecule has 1 aliphatic heterocycles. The Labute approximate surface area is 160 Å². The molecule has 6 nitrogen and oxygen atoms in total. The van der Waals surface area contributed by atoms with Gasteiger partial charge in [0.2, 0.25) is 17.0 Å². The predicted molar refractivity (Wildman–Crippen MR) is 106 cm³/mol. The molecule has 4 rings (SSSR count). The van der Waals surface area contributed by atoms with E-state index in [-0.39, 0.29) is 23.9 Å². The van der Waals surface area contributed by atoms with Gasteiger partial charge in [-0.05, 0) is 36.8 Å². The van der Waals surface area contributed by atoms with Gasteiger partial charge in [0.05, 0.1) is 5.92 Å². The van der Waals surface area contributed by atoms with Gasteiger partial charge in [-0.3, -0.25) is 4.79 Å². The molecule has 3 aromatic rings. The second kappa shape index (κ2) is 7.13. The minimum Gasteiger partial charge on any atom is -0.351 e. The van der Waals surface area contributed by atoms with Crippen LogP contribution in [0, 0.1) is 5.92 Å². The number of anilines is 2. The van der Waals surface area contributed by atoms with E-state index in [0.29, 0.717) is 11.1 Å². The van der Waals surface area contributed by atoms with Crippen molar-refractivity contribution >= 4 is 40.6 Å². The van der Waals surface area contributed by atoms with Gasteiger partial charge in [-0.15, -0.1) is 16.4 Å². The topological polar surface area (TPSA) is 71.8 Å². The highest BCUT2D eigenvalue weighted by Gasteiger charge is 2.42. The molecule has 1 amide bonds. The van der Waals surface area contributed by atoms with Crippen LogP contribution in [0.3, 0.4) is 0 Å². The maximum Gasteiger partial charge on any atom is 0.232 e. The molecule has 8 heteroatoms. The minimum absolute atomic E-state index is 0.0264. The van der Waals surface area contributed by atoms with Gasteiger partial charge >= 0.3 is 0 Å². The highest BCUT2D eigenvalue weighted by Crippen LogP contribution is 2.39. The lowest BCUT2D eigenvalue weighted by Gasteiger charge is -2.36. The Kier molecular flexibility index (Phi) is 4.69. The Morgan fingerprint density at radius 2 is 2.08 bits per heavy atom. The van der Waals surface area contributed by atoms with Crippen molar-refractivity contribution in [3.05, 3.63) is 52.7 Å². The van der Waals surface area contributed by atoms with Gasteiger partial charge in [0.25, 0.3) is 0 Å². The fourth-order valence-electron chi connectivity index (χ4n) is 3.28. The fraction of sp³-hybridized carbons (Fsp3) is 0.278. The smallest absolute Gasteiger partial charge is 0.232 e. The van der Waals surface area contributed by atoms with Crippen LogP contribution in [0.4, 0.5) is 11.6 Å². The van der Waals surface area contributed by atoms with E-state index < -0.39 is 0 Å². The van der Waals surface area contributed by atoms with E-state index >= 15 is 0 Å². The summed E-state index contributed by atoms with van der Waals surface area (Å²) in [6.45, 7) is 2.02. The van der Waals surface area contributed by atoms with Crippen molar-refractivity contribution in [1.29, 1.82) is 0 Å². The summed E-state index contributed by atoms with van der Waals surface area (Å²) in [5, 5.41) is 13.7. The lowest BCUT2D eigenvalue weighted by atomic mass is 9.89. The number of carbonyl (C=O) groups is 1. The molecule has 0 fully saturated rings. The summed E-state index contributed by atoms with van der Waals surface area (Å²) in [7, 11) is 0. The quantitative estimate of drug-likeness (QED) is 0.670. The molecule has 3 heterocycles. The van der Waals surface area contributed by atoms with Crippen molar-refractivity contribution < 1.29 is 4.79 Å². The molecular weight excluding hydrogens is 366 g/mol. The first-order chi connectivity index (χ1) is 12.7. The Bertz CT molecular complexity index is 894. The number of nitrogens with one attached hydrogen (secondary N) is 2. The third-order valence-corrected chi connectivity index (χ3v) is 5.95. The van der Waals surface area contributed by atoms with Gasteiger partial charge in [-0.2, -0.15) is 4.98 Å². The van der Waals surface area contributed by atoms with E-state index in [1.165, 1.54) is 11.8 Å². The molecule has 26 heavy (non-hydrogen) atoms. The number of para-hydroxylation sites is 1. The van der Waals surface area contributed by atoms with Crippen molar-refractivity contribution in [3.63, 3.8) is 0 Å². The largest absolute Gasteiger partial charge is 0.351 e. The maximum atomic E-state index is 13.2. The summed E-state index contributed by atoms with van der Waals surface area (Å²) in [6.07, 6.45) is 1.95. The second-order valence-corrected chi connectivity index (χ2v) is 7.89. The Morgan fingerprint density at radius 1 is 1.27 bits per heavy atom. The highest BCUT2D eigenvalue weighted by atomic mass is 32.2. The molecule has 0 saturated heterocycles. The van der Waals surface area contributed by atoms with Gasteiger partial charge in [0.1, 0.15) is 6.04 Å². The number of thiophene rings is 1. The number of hydrogen-bond donors (Lipinski definition) is 2. The van der Waals surface area contributed by atoms with E-state index in [0.717, 1.165) is 10.6 Å². The van der Waals surface area contributed by atoms with Gasteiger partial charge in [0, 0.05) is 16.6 Å². The lowest BCUT2D eigenvalue weighted by molar-refractivity contribution is -0.121. The zero-order chi connectivity index (χ0) is 18.1.